The fourth-order valence-electron chi connectivity index (χ4n) is 2.57. The van der Waals surface area contributed by atoms with E-state index in [1.165, 1.54) is 0 Å². The van der Waals surface area contributed by atoms with Crippen molar-refractivity contribution in [2.75, 3.05) is 17.7 Å². The minimum absolute atomic E-state index is 0.000587. The monoisotopic (exact) mass is 317 g/mol. The fourth-order valence-corrected chi connectivity index (χ4v) is 3.57. The Morgan fingerprint density at radius 2 is 2.27 bits per heavy atom. The van der Waals surface area contributed by atoms with E-state index >= 15 is 0 Å². The number of rotatable bonds is 4. The van der Waals surface area contributed by atoms with Crippen molar-refractivity contribution in [1.29, 1.82) is 0 Å². The van der Waals surface area contributed by atoms with Crippen LogP contribution in [0, 0.1) is 0 Å². The van der Waals surface area contributed by atoms with E-state index in [-0.39, 0.29) is 17.9 Å². The van der Waals surface area contributed by atoms with Crippen LogP contribution in [0.15, 0.2) is 24.3 Å². The molecule has 1 aromatic carbocycles. The first-order chi connectivity index (χ1) is 10.6. The number of carbonyl (C=O) groups is 1. The molecule has 1 aliphatic rings. The predicted molar refractivity (Wildman–Crippen MR) is 89.0 cm³/mol. The molecule has 0 aliphatic carbocycles. The van der Waals surface area contributed by atoms with Gasteiger partial charge in [-0.2, -0.15) is 0 Å². The first-order valence-electron chi connectivity index (χ1n) is 7.31. The minimum atomic E-state index is 0.000587. The second kappa shape index (κ2) is 5.96. The zero-order valence-electron chi connectivity index (χ0n) is 12.8. The lowest BCUT2D eigenvalue weighted by Crippen LogP contribution is -2.22. The van der Waals surface area contributed by atoms with Gasteiger partial charge in [-0.3, -0.25) is 4.79 Å². The number of ether oxygens (including phenoxy) is 1. The molecule has 116 valence electrons. The number of nitrogens with zero attached hydrogens (tertiary/aromatic N) is 1. The van der Waals surface area contributed by atoms with Gasteiger partial charge in [0.1, 0.15) is 11.6 Å². The van der Waals surface area contributed by atoms with Gasteiger partial charge >= 0.3 is 0 Å². The lowest BCUT2D eigenvalue weighted by molar-refractivity contribution is -0.116. The number of benzene rings is 1. The molecule has 2 N–H and O–H groups in total. The third kappa shape index (κ3) is 2.92. The van der Waals surface area contributed by atoms with Gasteiger partial charge in [0.25, 0.3) is 0 Å². The normalized spacial score (nSPS) is 17.1. The van der Waals surface area contributed by atoms with Crippen LogP contribution in [0.4, 0.5) is 10.9 Å². The van der Waals surface area contributed by atoms with Crippen LogP contribution >= 0.6 is 11.3 Å². The second-order valence-electron chi connectivity index (χ2n) is 5.53. The average Bonchev–Trinajstić information content (AvgIpc) is 2.88. The highest BCUT2D eigenvalue weighted by molar-refractivity contribution is 7.16. The first-order valence-corrected chi connectivity index (χ1v) is 8.13. The number of fused-ring (bicyclic) bond motifs is 1. The van der Waals surface area contributed by atoms with Crippen molar-refractivity contribution in [3.8, 4) is 5.75 Å². The van der Waals surface area contributed by atoms with Gasteiger partial charge in [-0.1, -0.05) is 23.5 Å². The van der Waals surface area contributed by atoms with Gasteiger partial charge in [0, 0.05) is 19.4 Å². The quantitative estimate of drug-likeness (QED) is 0.906. The summed E-state index contributed by atoms with van der Waals surface area (Å²) in [4.78, 5) is 17.5. The van der Waals surface area contributed by atoms with Crippen molar-refractivity contribution in [3.05, 3.63) is 34.7 Å². The summed E-state index contributed by atoms with van der Waals surface area (Å²) in [5, 5.41) is 6.70. The Hall–Kier alpha value is -2.08. The van der Waals surface area contributed by atoms with Crippen molar-refractivity contribution < 1.29 is 9.53 Å². The largest absolute Gasteiger partial charge is 0.491 e. The van der Waals surface area contributed by atoms with Crippen LogP contribution in [0.25, 0.3) is 0 Å². The summed E-state index contributed by atoms with van der Waals surface area (Å²) in [7, 11) is 1.83. The van der Waals surface area contributed by atoms with Crippen molar-refractivity contribution in [3.63, 3.8) is 0 Å². The Morgan fingerprint density at radius 3 is 3.00 bits per heavy atom. The van der Waals surface area contributed by atoms with Crippen LogP contribution in [0.2, 0.25) is 0 Å². The van der Waals surface area contributed by atoms with E-state index in [2.05, 4.69) is 15.6 Å². The molecule has 0 saturated carbocycles. The lowest BCUT2D eigenvalue weighted by atomic mass is 9.91. The van der Waals surface area contributed by atoms with Crippen LogP contribution in [-0.2, 0) is 4.79 Å². The van der Waals surface area contributed by atoms with E-state index in [0.717, 1.165) is 21.3 Å². The molecule has 5 nitrogen and oxygen atoms in total. The molecule has 0 bridgehead atoms. The number of hydrogen-bond acceptors (Lipinski definition) is 5. The van der Waals surface area contributed by atoms with Crippen molar-refractivity contribution >= 4 is 28.2 Å². The highest BCUT2D eigenvalue weighted by Gasteiger charge is 2.30. The maximum Gasteiger partial charge on any atom is 0.226 e. The fraction of sp³-hybridized carbons (Fsp3) is 0.375. The standard InChI is InChI=1S/C16H19N3O2S/c1-9(2)21-11-6-4-5-10(7-11)12-8-13(20)18-15-14(12)22-16(17-3)19-15/h4-7,9,12H,8H2,1-3H3,(H,17,19)(H,18,20). The van der Waals surface area contributed by atoms with Crippen LogP contribution in [0.5, 0.6) is 5.75 Å². The van der Waals surface area contributed by atoms with Crippen LogP contribution < -0.4 is 15.4 Å². The van der Waals surface area contributed by atoms with E-state index in [9.17, 15) is 4.79 Å². The molecule has 1 atom stereocenters. The summed E-state index contributed by atoms with van der Waals surface area (Å²) in [5.41, 5.74) is 1.08. The molecule has 1 aromatic heterocycles. The summed E-state index contributed by atoms with van der Waals surface area (Å²) in [6.45, 7) is 4.00. The van der Waals surface area contributed by atoms with Crippen molar-refractivity contribution in [1.82, 2.24) is 4.98 Å². The number of amides is 1. The van der Waals surface area contributed by atoms with Gasteiger partial charge in [-0.15, -0.1) is 0 Å². The molecular formula is C16H19N3O2S. The molecule has 2 heterocycles. The molecule has 0 spiro atoms. The summed E-state index contributed by atoms with van der Waals surface area (Å²) in [6, 6.07) is 7.98. The molecule has 1 amide bonds. The zero-order valence-corrected chi connectivity index (χ0v) is 13.7. The molecule has 0 fully saturated rings. The number of hydrogen-bond donors (Lipinski definition) is 2. The van der Waals surface area contributed by atoms with E-state index in [1.54, 1.807) is 11.3 Å². The molecule has 1 aliphatic heterocycles. The van der Waals surface area contributed by atoms with Gasteiger partial charge in [0.2, 0.25) is 5.91 Å². The predicted octanol–water partition coefficient (Wildman–Crippen LogP) is 3.45. The SMILES string of the molecule is CNc1nc2c(s1)C(c1cccc(OC(C)C)c1)CC(=O)N2. The second-order valence-corrected chi connectivity index (χ2v) is 6.56. The summed E-state index contributed by atoms with van der Waals surface area (Å²) < 4.78 is 5.76. The summed E-state index contributed by atoms with van der Waals surface area (Å²) in [6.07, 6.45) is 0.559. The van der Waals surface area contributed by atoms with Crippen LogP contribution in [-0.4, -0.2) is 24.0 Å². The molecular weight excluding hydrogens is 298 g/mol. The lowest BCUT2D eigenvalue weighted by Gasteiger charge is -2.22. The maximum absolute atomic E-state index is 12.0. The van der Waals surface area contributed by atoms with Gasteiger partial charge in [-0.25, -0.2) is 4.98 Å². The minimum Gasteiger partial charge on any atom is -0.491 e. The molecule has 0 radical (unpaired) electrons. The number of aromatic nitrogens is 1. The molecule has 3 rings (SSSR count). The molecule has 2 aromatic rings. The number of nitrogens with one attached hydrogen (secondary N) is 2. The first kappa shape index (κ1) is 14.8. The highest BCUT2D eigenvalue weighted by Crippen LogP contribution is 2.42. The van der Waals surface area contributed by atoms with Gasteiger partial charge in [0.15, 0.2) is 5.13 Å². The van der Waals surface area contributed by atoms with Gasteiger partial charge in [-0.05, 0) is 31.5 Å². The molecule has 22 heavy (non-hydrogen) atoms. The van der Waals surface area contributed by atoms with E-state index in [1.807, 2.05) is 45.2 Å². The average molecular weight is 317 g/mol. The van der Waals surface area contributed by atoms with Crippen molar-refractivity contribution in [2.24, 2.45) is 0 Å². The molecule has 0 saturated heterocycles. The summed E-state index contributed by atoms with van der Waals surface area (Å²) >= 11 is 1.58. The number of thiazole rings is 1. The van der Waals surface area contributed by atoms with Crippen LogP contribution in [0.1, 0.15) is 36.6 Å². The molecule has 1 unspecified atom stereocenters. The summed E-state index contributed by atoms with van der Waals surface area (Å²) in [5.74, 6) is 1.53. The Bertz CT molecular complexity index is 696. The van der Waals surface area contributed by atoms with Gasteiger partial charge in [0.05, 0.1) is 11.0 Å². The maximum atomic E-state index is 12.0. The third-order valence-electron chi connectivity index (χ3n) is 3.46. The van der Waals surface area contributed by atoms with E-state index < -0.39 is 0 Å². The Balaban J connectivity index is 1.98. The molecule has 6 heteroatoms. The Kier molecular flexibility index (Phi) is 4.02. The smallest absolute Gasteiger partial charge is 0.226 e. The Morgan fingerprint density at radius 1 is 1.45 bits per heavy atom. The number of anilines is 2. The van der Waals surface area contributed by atoms with Crippen molar-refractivity contribution in [2.45, 2.75) is 32.3 Å². The third-order valence-corrected chi connectivity index (χ3v) is 4.65. The van der Waals surface area contributed by atoms with E-state index in [0.29, 0.717) is 12.2 Å². The van der Waals surface area contributed by atoms with E-state index in [4.69, 9.17) is 4.74 Å². The van der Waals surface area contributed by atoms with Gasteiger partial charge < -0.3 is 15.4 Å². The van der Waals surface area contributed by atoms with Crippen LogP contribution in [0.3, 0.4) is 0 Å². The zero-order chi connectivity index (χ0) is 15.7. The topological polar surface area (TPSA) is 63.3 Å². The highest BCUT2D eigenvalue weighted by atomic mass is 32.1. The number of carbonyl (C=O) groups excluding carboxylic acids is 1. The Labute approximate surface area is 133 Å².